The van der Waals surface area contributed by atoms with Crippen LogP contribution >= 0.6 is 0 Å². The van der Waals surface area contributed by atoms with Crippen LogP contribution in [0.4, 0.5) is 0 Å². The first-order valence-corrected chi connectivity index (χ1v) is 7.03. The summed E-state index contributed by atoms with van der Waals surface area (Å²) < 4.78 is 5.10. The van der Waals surface area contributed by atoms with Crippen molar-refractivity contribution in [1.82, 2.24) is 0 Å². The van der Waals surface area contributed by atoms with Crippen LogP contribution in [0.25, 0.3) is 12.2 Å². The molecule has 0 saturated heterocycles. The third-order valence-corrected chi connectivity index (χ3v) is 3.50. The Bertz CT molecular complexity index is 715. The molecule has 0 radical (unpaired) electrons. The molecule has 3 nitrogen and oxygen atoms in total. The summed E-state index contributed by atoms with van der Waals surface area (Å²) >= 11 is 0. The van der Waals surface area contributed by atoms with E-state index in [-0.39, 0.29) is 11.5 Å². The van der Waals surface area contributed by atoms with Gasteiger partial charge in [-0.15, -0.1) is 6.58 Å². The van der Waals surface area contributed by atoms with Gasteiger partial charge in [0.15, 0.2) is 11.5 Å². The van der Waals surface area contributed by atoms with Crippen molar-refractivity contribution in [1.29, 1.82) is 0 Å². The summed E-state index contributed by atoms with van der Waals surface area (Å²) in [6.07, 6.45) is 6.45. The number of aryl methyl sites for hydroxylation is 1. The number of aromatic hydroxyl groups is 2. The molecule has 0 aliphatic rings. The summed E-state index contributed by atoms with van der Waals surface area (Å²) in [5.41, 5.74) is 4.02. The predicted molar refractivity (Wildman–Crippen MR) is 90.3 cm³/mol. The number of benzene rings is 2. The van der Waals surface area contributed by atoms with E-state index in [2.05, 4.69) is 6.58 Å². The van der Waals surface area contributed by atoms with Crippen LogP contribution in [-0.4, -0.2) is 17.3 Å². The molecule has 2 aromatic rings. The van der Waals surface area contributed by atoms with E-state index in [1.807, 2.05) is 25.2 Å². The molecule has 0 spiro atoms. The molecule has 2 rings (SSSR count). The number of rotatable bonds is 5. The number of hydrogen-bond acceptors (Lipinski definition) is 3. The van der Waals surface area contributed by atoms with Crippen LogP contribution in [-0.2, 0) is 6.42 Å². The van der Waals surface area contributed by atoms with Crippen molar-refractivity contribution < 1.29 is 14.9 Å². The average Bonchev–Trinajstić information content (AvgIpc) is 2.49. The quantitative estimate of drug-likeness (QED) is 0.638. The predicted octanol–water partition coefficient (Wildman–Crippen LogP) is 4.31. The highest BCUT2D eigenvalue weighted by atomic mass is 16.5. The molecule has 3 heteroatoms. The van der Waals surface area contributed by atoms with Gasteiger partial charge in [-0.2, -0.15) is 0 Å². The van der Waals surface area contributed by atoms with Crippen LogP contribution in [0, 0.1) is 6.92 Å². The standard InChI is InChI=1S/C19H20O3/c1-4-5-17-13(2)10-16(20)12-15(17)8-6-14-7-9-18(21)19(11-14)22-3/h4,6-12,20-21H,1,5H2,2-3H3/b8-6+. The summed E-state index contributed by atoms with van der Waals surface area (Å²) in [6.45, 7) is 5.75. The molecule has 0 aromatic heterocycles. The highest BCUT2D eigenvalue weighted by Crippen LogP contribution is 2.28. The number of hydrogen-bond donors (Lipinski definition) is 2. The molecule has 114 valence electrons. The van der Waals surface area contributed by atoms with Crippen molar-refractivity contribution in [3.05, 3.63) is 65.2 Å². The second-order valence-corrected chi connectivity index (χ2v) is 5.09. The van der Waals surface area contributed by atoms with Crippen LogP contribution in [0.5, 0.6) is 17.2 Å². The van der Waals surface area contributed by atoms with Gasteiger partial charge >= 0.3 is 0 Å². The van der Waals surface area contributed by atoms with Gasteiger partial charge in [0.1, 0.15) is 5.75 Å². The average molecular weight is 296 g/mol. The van der Waals surface area contributed by atoms with Crippen LogP contribution in [0.15, 0.2) is 43.0 Å². The first-order chi connectivity index (χ1) is 10.5. The Morgan fingerprint density at radius 1 is 1.14 bits per heavy atom. The second-order valence-electron chi connectivity index (χ2n) is 5.09. The van der Waals surface area contributed by atoms with Gasteiger partial charge in [0.2, 0.25) is 0 Å². The fraction of sp³-hybridized carbons (Fsp3) is 0.158. The molecular formula is C19H20O3. The van der Waals surface area contributed by atoms with Crippen molar-refractivity contribution in [3.8, 4) is 17.2 Å². The van der Waals surface area contributed by atoms with Crippen molar-refractivity contribution in [2.45, 2.75) is 13.3 Å². The second kappa shape index (κ2) is 6.85. The lowest BCUT2D eigenvalue weighted by Gasteiger charge is -2.09. The fourth-order valence-corrected chi connectivity index (χ4v) is 2.38. The maximum atomic E-state index is 9.79. The highest BCUT2D eigenvalue weighted by Gasteiger charge is 2.05. The molecule has 0 aliphatic carbocycles. The zero-order valence-corrected chi connectivity index (χ0v) is 12.8. The summed E-state index contributed by atoms with van der Waals surface area (Å²) in [5.74, 6) is 0.786. The lowest BCUT2D eigenvalue weighted by Crippen LogP contribution is -1.92. The zero-order valence-electron chi connectivity index (χ0n) is 12.8. The van der Waals surface area contributed by atoms with E-state index in [9.17, 15) is 10.2 Å². The number of phenolic OH excluding ortho intramolecular Hbond substituents is 2. The van der Waals surface area contributed by atoms with Gasteiger partial charge in [-0.1, -0.05) is 24.3 Å². The van der Waals surface area contributed by atoms with E-state index < -0.39 is 0 Å². The zero-order chi connectivity index (χ0) is 16.1. The van der Waals surface area contributed by atoms with E-state index in [4.69, 9.17) is 4.74 Å². The summed E-state index contributed by atoms with van der Waals surface area (Å²) in [5, 5.41) is 19.4. The maximum absolute atomic E-state index is 9.79. The first kappa shape index (κ1) is 15.7. The molecule has 0 atom stereocenters. The Labute approximate surface area is 130 Å². The van der Waals surface area contributed by atoms with Gasteiger partial charge in [0, 0.05) is 0 Å². The molecule has 22 heavy (non-hydrogen) atoms. The van der Waals surface area contributed by atoms with E-state index in [0.29, 0.717) is 5.75 Å². The Morgan fingerprint density at radius 2 is 1.91 bits per heavy atom. The van der Waals surface area contributed by atoms with Crippen molar-refractivity contribution in [2.24, 2.45) is 0 Å². The SMILES string of the molecule is C=CCc1c(C)cc(O)cc1/C=C/c1ccc(O)c(OC)c1. The molecule has 0 heterocycles. The van der Waals surface area contributed by atoms with Gasteiger partial charge in [-0.05, 0) is 59.9 Å². The molecule has 0 unspecified atom stereocenters. The van der Waals surface area contributed by atoms with E-state index in [1.54, 1.807) is 30.3 Å². The van der Waals surface area contributed by atoms with Crippen LogP contribution in [0.1, 0.15) is 22.3 Å². The molecule has 0 aliphatic heterocycles. The number of allylic oxidation sites excluding steroid dienone is 1. The molecule has 0 saturated carbocycles. The minimum atomic E-state index is 0.111. The van der Waals surface area contributed by atoms with Crippen LogP contribution in [0.3, 0.4) is 0 Å². The molecular weight excluding hydrogens is 276 g/mol. The first-order valence-electron chi connectivity index (χ1n) is 7.03. The van der Waals surface area contributed by atoms with Crippen LogP contribution < -0.4 is 4.74 Å². The van der Waals surface area contributed by atoms with E-state index in [1.165, 1.54) is 7.11 Å². The van der Waals surface area contributed by atoms with Crippen LogP contribution in [0.2, 0.25) is 0 Å². The number of ether oxygens (including phenoxy) is 1. The van der Waals surface area contributed by atoms with E-state index in [0.717, 1.165) is 28.7 Å². The minimum absolute atomic E-state index is 0.111. The highest BCUT2D eigenvalue weighted by molar-refractivity contribution is 5.73. The summed E-state index contributed by atoms with van der Waals surface area (Å²) in [6, 6.07) is 8.64. The van der Waals surface area contributed by atoms with Gasteiger partial charge in [0.05, 0.1) is 7.11 Å². The van der Waals surface area contributed by atoms with Gasteiger partial charge in [-0.3, -0.25) is 0 Å². The lowest BCUT2D eigenvalue weighted by molar-refractivity contribution is 0.373. The van der Waals surface area contributed by atoms with Crippen molar-refractivity contribution in [2.75, 3.05) is 7.11 Å². The van der Waals surface area contributed by atoms with Crippen molar-refractivity contribution >= 4 is 12.2 Å². The Hall–Kier alpha value is -2.68. The normalized spacial score (nSPS) is 10.8. The molecule has 0 amide bonds. The minimum Gasteiger partial charge on any atom is -0.508 e. The Balaban J connectivity index is 2.39. The smallest absolute Gasteiger partial charge is 0.161 e. The third-order valence-electron chi connectivity index (χ3n) is 3.50. The monoisotopic (exact) mass is 296 g/mol. The van der Waals surface area contributed by atoms with Crippen molar-refractivity contribution in [3.63, 3.8) is 0 Å². The third kappa shape index (κ3) is 3.50. The van der Waals surface area contributed by atoms with Gasteiger partial charge < -0.3 is 14.9 Å². The summed E-state index contributed by atoms with van der Waals surface area (Å²) in [7, 11) is 1.52. The Morgan fingerprint density at radius 3 is 2.59 bits per heavy atom. The topological polar surface area (TPSA) is 49.7 Å². The number of phenols is 2. The molecule has 0 fully saturated rings. The van der Waals surface area contributed by atoms with E-state index >= 15 is 0 Å². The Kier molecular flexibility index (Phi) is 4.89. The van der Waals surface area contributed by atoms with Gasteiger partial charge in [-0.25, -0.2) is 0 Å². The molecule has 2 aromatic carbocycles. The fourth-order valence-electron chi connectivity index (χ4n) is 2.38. The largest absolute Gasteiger partial charge is 0.508 e. The maximum Gasteiger partial charge on any atom is 0.161 e. The molecule has 2 N–H and O–H groups in total. The van der Waals surface area contributed by atoms with Gasteiger partial charge in [0.25, 0.3) is 0 Å². The lowest BCUT2D eigenvalue weighted by atomic mass is 9.97. The molecule has 0 bridgehead atoms. The summed E-state index contributed by atoms with van der Waals surface area (Å²) in [4.78, 5) is 0. The number of methoxy groups -OCH3 is 1.